The van der Waals surface area contributed by atoms with E-state index in [9.17, 15) is 9.90 Å². The molecule has 0 aliphatic carbocycles. The Labute approximate surface area is 172 Å². The van der Waals surface area contributed by atoms with E-state index >= 15 is 0 Å². The third kappa shape index (κ3) is 4.56. The highest BCUT2D eigenvalue weighted by molar-refractivity contribution is 5.95. The van der Waals surface area contributed by atoms with Crippen molar-refractivity contribution in [3.63, 3.8) is 0 Å². The van der Waals surface area contributed by atoms with Crippen LogP contribution in [0.25, 0.3) is 11.1 Å². The lowest BCUT2D eigenvalue weighted by atomic mass is 9.98. The van der Waals surface area contributed by atoms with Gasteiger partial charge in [-0.2, -0.15) is 5.10 Å². The molecule has 0 fully saturated rings. The molecule has 1 aromatic heterocycles. The number of rotatable bonds is 8. The summed E-state index contributed by atoms with van der Waals surface area (Å²) in [5, 5.41) is 14.2. The zero-order chi connectivity index (χ0) is 21.0. The molecule has 152 valence electrons. The van der Waals surface area contributed by atoms with Gasteiger partial charge >= 0.3 is 5.97 Å². The van der Waals surface area contributed by atoms with Crippen LogP contribution in [0.5, 0.6) is 0 Å². The first kappa shape index (κ1) is 20.8. The van der Waals surface area contributed by atoms with E-state index in [1.54, 1.807) is 12.1 Å². The van der Waals surface area contributed by atoms with E-state index in [0.717, 1.165) is 41.2 Å². The Morgan fingerprint density at radius 1 is 1.03 bits per heavy atom. The quantitative estimate of drug-likeness (QED) is 0.533. The largest absolute Gasteiger partial charge is 0.478 e. The molecule has 29 heavy (non-hydrogen) atoms. The molecular formula is C24H29N3O2. The van der Waals surface area contributed by atoms with Gasteiger partial charge in [0, 0.05) is 12.3 Å². The molecular weight excluding hydrogens is 362 g/mol. The summed E-state index contributed by atoms with van der Waals surface area (Å²) in [6.07, 6.45) is 2.72. The van der Waals surface area contributed by atoms with E-state index in [1.807, 2.05) is 36.4 Å². The second-order valence-corrected chi connectivity index (χ2v) is 7.62. The Bertz CT molecular complexity index is 976. The molecule has 0 bridgehead atoms. The van der Waals surface area contributed by atoms with Crippen LogP contribution in [0.15, 0.2) is 48.5 Å². The molecule has 1 N–H and O–H groups in total. The second kappa shape index (κ2) is 9.03. The highest BCUT2D eigenvalue weighted by Crippen LogP contribution is 2.25. The van der Waals surface area contributed by atoms with Gasteiger partial charge in [-0.15, -0.1) is 0 Å². The summed E-state index contributed by atoms with van der Waals surface area (Å²) in [6, 6.07) is 15.5. The average molecular weight is 392 g/mol. The number of carbonyl (C=O) groups is 1. The van der Waals surface area contributed by atoms with Crippen LogP contribution in [0.3, 0.4) is 0 Å². The number of carboxylic acid groups (broad SMARTS) is 1. The monoisotopic (exact) mass is 391 g/mol. The molecule has 0 amide bonds. The fraction of sp³-hybridized carbons (Fsp3) is 0.375. The third-order valence-corrected chi connectivity index (χ3v) is 5.56. The lowest BCUT2D eigenvalue weighted by Crippen LogP contribution is -2.11. The maximum Gasteiger partial charge on any atom is 0.336 e. The number of hydrogen-bond acceptors (Lipinski definition) is 3. The molecule has 1 heterocycles. The molecule has 0 saturated carbocycles. The summed E-state index contributed by atoms with van der Waals surface area (Å²) >= 11 is 0. The predicted molar refractivity (Wildman–Crippen MR) is 115 cm³/mol. The van der Waals surface area contributed by atoms with E-state index < -0.39 is 5.97 Å². The first-order valence-electron chi connectivity index (χ1n) is 10.3. The van der Waals surface area contributed by atoms with Gasteiger partial charge in [-0.25, -0.2) is 14.5 Å². The molecule has 2 aromatic carbocycles. The van der Waals surface area contributed by atoms with Gasteiger partial charge in [0.2, 0.25) is 0 Å². The summed E-state index contributed by atoms with van der Waals surface area (Å²) in [7, 11) is 0. The smallest absolute Gasteiger partial charge is 0.336 e. The lowest BCUT2D eigenvalue weighted by molar-refractivity contribution is 0.0697. The van der Waals surface area contributed by atoms with Gasteiger partial charge in [0.1, 0.15) is 5.82 Å². The maximum atomic E-state index is 11.5. The number of hydrogen-bond donors (Lipinski definition) is 1. The highest BCUT2D eigenvalue weighted by atomic mass is 16.4. The summed E-state index contributed by atoms with van der Waals surface area (Å²) < 4.78 is 2.06. The molecule has 0 spiro atoms. The predicted octanol–water partition coefficient (Wildman–Crippen LogP) is 5.72. The first-order valence-corrected chi connectivity index (χ1v) is 10.3. The molecule has 3 rings (SSSR count). The minimum atomic E-state index is -0.913. The Morgan fingerprint density at radius 2 is 1.72 bits per heavy atom. The summed E-state index contributed by atoms with van der Waals surface area (Å²) in [5.74, 6) is 1.32. The van der Waals surface area contributed by atoms with Crippen molar-refractivity contribution in [2.75, 3.05) is 0 Å². The molecule has 2 unspecified atom stereocenters. The van der Waals surface area contributed by atoms with Crippen LogP contribution < -0.4 is 0 Å². The van der Waals surface area contributed by atoms with Crippen molar-refractivity contribution < 1.29 is 9.90 Å². The van der Waals surface area contributed by atoms with Crippen LogP contribution in [-0.2, 0) is 6.42 Å². The summed E-state index contributed by atoms with van der Waals surface area (Å²) in [5.41, 5.74) is 3.08. The van der Waals surface area contributed by atoms with Crippen molar-refractivity contribution >= 4 is 5.97 Å². The zero-order valence-corrected chi connectivity index (χ0v) is 17.6. The van der Waals surface area contributed by atoms with Crippen molar-refractivity contribution in [3.8, 4) is 11.1 Å². The van der Waals surface area contributed by atoms with Crippen molar-refractivity contribution in [2.24, 2.45) is 0 Å². The Hall–Kier alpha value is -2.95. The van der Waals surface area contributed by atoms with Gasteiger partial charge in [-0.05, 0) is 42.5 Å². The van der Waals surface area contributed by atoms with Crippen molar-refractivity contribution in [1.29, 1.82) is 0 Å². The van der Waals surface area contributed by atoms with E-state index in [0.29, 0.717) is 23.9 Å². The SMILES string of the molecule is CCC(C)c1nc(Cc2ccc(-c3ccccc3C(=O)O)cc2)n(C(C)CC)n1. The van der Waals surface area contributed by atoms with Gasteiger partial charge in [0.05, 0.1) is 11.6 Å². The molecule has 5 nitrogen and oxygen atoms in total. The van der Waals surface area contributed by atoms with Gasteiger partial charge in [0.25, 0.3) is 0 Å². The van der Waals surface area contributed by atoms with Gasteiger partial charge in [0.15, 0.2) is 5.82 Å². The average Bonchev–Trinajstić information content (AvgIpc) is 3.17. The van der Waals surface area contributed by atoms with Gasteiger partial charge in [-0.3, -0.25) is 0 Å². The maximum absolute atomic E-state index is 11.5. The van der Waals surface area contributed by atoms with Crippen molar-refractivity contribution in [1.82, 2.24) is 14.8 Å². The Kier molecular flexibility index (Phi) is 6.47. The number of nitrogens with zero attached hydrogens (tertiary/aromatic N) is 3. The second-order valence-electron chi connectivity index (χ2n) is 7.62. The summed E-state index contributed by atoms with van der Waals surface area (Å²) in [4.78, 5) is 16.3. The van der Waals surface area contributed by atoms with Crippen molar-refractivity contribution in [2.45, 2.75) is 58.9 Å². The van der Waals surface area contributed by atoms with Gasteiger partial charge in [-0.1, -0.05) is 63.2 Å². The normalized spacial score (nSPS) is 13.2. The molecule has 0 aliphatic heterocycles. The summed E-state index contributed by atoms with van der Waals surface area (Å²) in [6.45, 7) is 8.65. The minimum absolute atomic E-state index is 0.303. The molecule has 3 aromatic rings. The Morgan fingerprint density at radius 3 is 2.34 bits per heavy atom. The molecule has 2 atom stereocenters. The van der Waals surface area contributed by atoms with Crippen LogP contribution >= 0.6 is 0 Å². The number of aromatic carboxylic acids is 1. The molecule has 5 heteroatoms. The van der Waals surface area contributed by atoms with Crippen LogP contribution in [0.2, 0.25) is 0 Å². The number of benzene rings is 2. The minimum Gasteiger partial charge on any atom is -0.478 e. The van der Waals surface area contributed by atoms with E-state index in [1.165, 1.54) is 0 Å². The Balaban J connectivity index is 1.89. The number of carboxylic acids is 1. The van der Waals surface area contributed by atoms with E-state index in [4.69, 9.17) is 10.1 Å². The van der Waals surface area contributed by atoms with E-state index in [-0.39, 0.29) is 0 Å². The van der Waals surface area contributed by atoms with Crippen LogP contribution in [-0.4, -0.2) is 25.8 Å². The van der Waals surface area contributed by atoms with Gasteiger partial charge < -0.3 is 5.11 Å². The van der Waals surface area contributed by atoms with Crippen LogP contribution in [0, 0.1) is 0 Å². The fourth-order valence-electron chi connectivity index (χ4n) is 3.32. The fourth-order valence-corrected chi connectivity index (χ4v) is 3.32. The van der Waals surface area contributed by atoms with Crippen LogP contribution in [0.1, 0.15) is 80.1 Å². The first-order chi connectivity index (χ1) is 13.9. The molecule has 0 aliphatic rings. The molecule has 0 saturated heterocycles. The standard InChI is InChI=1S/C24H29N3O2/c1-5-16(3)23-25-22(27(26-23)17(4)6-2)15-18-11-13-19(14-12-18)20-9-7-8-10-21(20)24(28)29/h7-14,16-17H,5-6,15H2,1-4H3,(H,28,29). The lowest BCUT2D eigenvalue weighted by Gasteiger charge is -2.12. The van der Waals surface area contributed by atoms with Crippen molar-refractivity contribution in [3.05, 3.63) is 71.3 Å². The van der Waals surface area contributed by atoms with E-state index in [2.05, 4.69) is 32.4 Å². The highest BCUT2D eigenvalue weighted by Gasteiger charge is 2.18. The third-order valence-electron chi connectivity index (χ3n) is 5.56. The topological polar surface area (TPSA) is 68.0 Å². The zero-order valence-electron chi connectivity index (χ0n) is 17.6. The molecule has 0 radical (unpaired) electrons. The van der Waals surface area contributed by atoms with Crippen LogP contribution in [0.4, 0.5) is 0 Å². The number of aromatic nitrogens is 3.